The zero-order chi connectivity index (χ0) is 35.6. The van der Waals surface area contributed by atoms with Crippen molar-refractivity contribution >= 4 is 5.91 Å². The fourth-order valence-corrected chi connectivity index (χ4v) is 14.1. The number of amides is 1. The lowest BCUT2D eigenvalue weighted by atomic mass is 9.41. The second-order valence-corrected chi connectivity index (χ2v) is 19.4. The Labute approximate surface area is 298 Å². The smallest absolute Gasteiger partial charge is 0.228 e. The van der Waals surface area contributed by atoms with Gasteiger partial charge in [0.15, 0.2) is 6.29 Å². The summed E-state index contributed by atoms with van der Waals surface area (Å²) in [4.78, 5) is 19.4. The molecule has 1 amide bonds. The van der Waals surface area contributed by atoms with E-state index in [1.165, 1.54) is 12.8 Å². The predicted molar refractivity (Wildman–Crippen MR) is 188 cm³/mol. The van der Waals surface area contributed by atoms with Gasteiger partial charge in [0.25, 0.3) is 0 Å². The van der Waals surface area contributed by atoms with E-state index in [9.17, 15) is 20.1 Å². The van der Waals surface area contributed by atoms with E-state index in [0.717, 1.165) is 37.8 Å². The number of aliphatic hydroxyl groups is 3. The Bertz CT molecular complexity index is 1470. The van der Waals surface area contributed by atoms with E-state index in [1.807, 2.05) is 23.1 Å². The number of hydrogen-bond acceptors (Lipinski definition) is 8. The van der Waals surface area contributed by atoms with E-state index in [0.29, 0.717) is 44.4 Å². The molecule has 2 aliphatic heterocycles. The van der Waals surface area contributed by atoms with Gasteiger partial charge in [-0.1, -0.05) is 40.7 Å². The van der Waals surface area contributed by atoms with Crippen molar-refractivity contribution in [2.75, 3.05) is 19.7 Å². The van der Waals surface area contributed by atoms with Gasteiger partial charge in [0, 0.05) is 23.9 Å². The van der Waals surface area contributed by atoms with Crippen LogP contribution in [-0.4, -0.2) is 93.2 Å². The maximum atomic E-state index is 13.2. The Kier molecular flexibility index (Phi) is 8.28. The van der Waals surface area contributed by atoms with Crippen molar-refractivity contribution < 1.29 is 34.3 Å². The van der Waals surface area contributed by atoms with Crippen LogP contribution in [0.3, 0.4) is 0 Å². The van der Waals surface area contributed by atoms with E-state index in [4.69, 9.17) is 14.2 Å². The molecule has 9 heteroatoms. The van der Waals surface area contributed by atoms with Gasteiger partial charge >= 0.3 is 0 Å². The molecule has 9 nitrogen and oxygen atoms in total. The summed E-state index contributed by atoms with van der Waals surface area (Å²) < 4.78 is 19.7. The molecule has 2 spiro atoms. The summed E-state index contributed by atoms with van der Waals surface area (Å²) in [5, 5.41) is 34.2. The third kappa shape index (κ3) is 4.85. The zero-order valence-corrected chi connectivity index (χ0v) is 31.4. The predicted octanol–water partition coefficient (Wildman–Crippen LogP) is 5.14. The molecule has 7 fully saturated rings. The van der Waals surface area contributed by atoms with Crippen LogP contribution < -0.4 is 0 Å². The van der Waals surface area contributed by atoms with Gasteiger partial charge in [-0.25, -0.2) is 0 Å². The van der Waals surface area contributed by atoms with Crippen LogP contribution in [0.5, 0.6) is 0 Å². The average Bonchev–Trinajstić information content (AvgIpc) is 3.70. The van der Waals surface area contributed by atoms with Gasteiger partial charge in [-0.15, -0.1) is 0 Å². The highest BCUT2D eigenvalue weighted by molar-refractivity contribution is 5.78. The van der Waals surface area contributed by atoms with E-state index >= 15 is 0 Å². The van der Waals surface area contributed by atoms with Crippen LogP contribution >= 0.6 is 0 Å². The maximum Gasteiger partial charge on any atom is 0.228 e. The van der Waals surface area contributed by atoms with Gasteiger partial charge in [0.05, 0.1) is 49.6 Å². The highest BCUT2D eigenvalue weighted by Gasteiger charge is 2.84. The summed E-state index contributed by atoms with van der Waals surface area (Å²) >= 11 is 0. The summed E-state index contributed by atoms with van der Waals surface area (Å²) in [5.74, 6) is 1.53. The zero-order valence-electron chi connectivity index (χ0n) is 31.4. The molecule has 0 bridgehead atoms. The molecule has 50 heavy (non-hydrogen) atoms. The van der Waals surface area contributed by atoms with Crippen molar-refractivity contribution in [1.82, 2.24) is 9.88 Å². The lowest BCUT2D eigenvalue weighted by molar-refractivity contribution is -0.248. The summed E-state index contributed by atoms with van der Waals surface area (Å²) in [5.41, 5.74) is -0.366. The van der Waals surface area contributed by atoms with Crippen LogP contribution in [-0.2, 0) is 25.4 Å². The SMILES string of the molecule is C[C@@H]1C[C@H](C(O)C(C)(C)O)O[C@H]2C1[C@@]1(C)CC[C@@]34CC35CCC(OC3CN(C(=O)Cc6ccccn6)CCO3)C(C)(C)[C@@H]5CC[C@H]4[C@]1(C)[C@H]2O. The number of nitrogens with zero attached hydrogens (tertiary/aromatic N) is 2. The number of aliphatic hydroxyl groups excluding tert-OH is 2. The summed E-state index contributed by atoms with van der Waals surface area (Å²) in [6.45, 7) is 16.7. The molecule has 0 aromatic carbocycles. The third-order valence-electron chi connectivity index (χ3n) is 16.6. The van der Waals surface area contributed by atoms with Gasteiger partial charge < -0.3 is 34.4 Å². The van der Waals surface area contributed by atoms with E-state index in [1.54, 1.807) is 20.0 Å². The molecule has 1 aromatic heterocycles. The van der Waals surface area contributed by atoms with Gasteiger partial charge in [-0.05, 0) is 123 Å². The minimum absolute atomic E-state index is 0.0433. The lowest BCUT2D eigenvalue weighted by Crippen LogP contribution is -2.60. The fraction of sp³-hybridized carbons (Fsp3) is 0.854. The standard InChI is InChI=1S/C41H62N2O7/c1-24-20-26(34(45)37(4,5)47)49-33-32(24)38(6)15-16-41-23-40(41)14-13-29(36(2,3)27(40)11-12-28(41)39(38,7)35(33)46)50-31-22-43(18-19-48-31)30(44)21-25-10-8-9-17-42-25/h8-10,17,24,26-29,31-35,45-47H,11-16,18-23H2,1-7H3/t24-,26-,27+,28+,29?,31?,32?,33+,34?,35+,38-,39-,40?,41+/m1/s1. The monoisotopic (exact) mass is 694 g/mol. The van der Waals surface area contributed by atoms with Crippen LogP contribution in [0.2, 0.25) is 0 Å². The summed E-state index contributed by atoms with van der Waals surface area (Å²) in [6, 6.07) is 5.68. The van der Waals surface area contributed by atoms with Crippen molar-refractivity contribution in [3.8, 4) is 0 Å². The number of hydrogen-bond donors (Lipinski definition) is 3. The minimum Gasteiger partial charge on any atom is -0.390 e. The number of pyridine rings is 1. The Morgan fingerprint density at radius 1 is 1.10 bits per heavy atom. The molecule has 5 aliphatic carbocycles. The molecule has 278 valence electrons. The Morgan fingerprint density at radius 2 is 1.84 bits per heavy atom. The van der Waals surface area contributed by atoms with Gasteiger partial charge in [0.2, 0.25) is 5.91 Å². The van der Waals surface area contributed by atoms with E-state index < -0.39 is 30.2 Å². The quantitative estimate of drug-likeness (QED) is 0.375. The van der Waals surface area contributed by atoms with Crippen LogP contribution in [0, 0.1) is 50.7 Å². The average molecular weight is 695 g/mol. The van der Waals surface area contributed by atoms with Crippen molar-refractivity contribution in [3.63, 3.8) is 0 Å². The van der Waals surface area contributed by atoms with E-state index in [-0.39, 0.29) is 57.0 Å². The van der Waals surface area contributed by atoms with Gasteiger partial charge in [0.1, 0.15) is 6.10 Å². The summed E-state index contributed by atoms with van der Waals surface area (Å²) in [7, 11) is 0. The number of aromatic nitrogens is 1. The molecule has 8 rings (SSSR count). The van der Waals surface area contributed by atoms with Gasteiger partial charge in [-0.2, -0.15) is 0 Å². The summed E-state index contributed by atoms with van der Waals surface area (Å²) in [6.07, 6.45) is 7.83. The second kappa shape index (κ2) is 11.7. The number of fused-ring (bicyclic) bond motifs is 4. The first kappa shape index (κ1) is 35.4. The molecule has 1 aromatic rings. The highest BCUT2D eigenvalue weighted by atomic mass is 16.7. The Balaban J connectivity index is 0.985. The molecule has 5 saturated carbocycles. The first-order valence-corrected chi connectivity index (χ1v) is 19.7. The molecular formula is C41H62N2O7. The molecular weight excluding hydrogens is 632 g/mol. The van der Waals surface area contributed by atoms with Crippen molar-refractivity contribution in [2.24, 2.45) is 50.7 Å². The van der Waals surface area contributed by atoms with Crippen LogP contribution in [0.4, 0.5) is 0 Å². The van der Waals surface area contributed by atoms with Crippen molar-refractivity contribution in [2.45, 2.75) is 149 Å². The topological polar surface area (TPSA) is 122 Å². The highest BCUT2D eigenvalue weighted by Crippen LogP contribution is 2.89. The molecule has 0 radical (unpaired) electrons. The first-order chi connectivity index (χ1) is 23.5. The molecule has 3 N–H and O–H groups in total. The van der Waals surface area contributed by atoms with Crippen LogP contribution in [0.25, 0.3) is 0 Å². The fourth-order valence-electron chi connectivity index (χ4n) is 14.1. The number of rotatable bonds is 6. The molecule has 5 unspecified atom stereocenters. The molecule has 3 heterocycles. The second-order valence-electron chi connectivity index (χ2n) is 19.4. The normalized spacial score (nSPS) is 48.4. The number of carbonyl (C=O) groups is 1. The third-order valence-corrected chi connectivity index (χ3v) is 16.6. The van der Waals surface area contributed by atoms with Crippen molar-refractivity contribution in [1.29, 1.82) is 0 Å². The molecule has 14 atom stereocenters. The lowest BCUT2D eigenvalue weighted by Gasteiger charge is -2.64. The number of ether oxygens (including phenoxy) is 3. The largest absolute Gasteiger partial charge is 0.390 e. The Morgan fingerprint density at radius 3 is 2.56 bits per heavy atom. The van der Waals surface area contributed by atoms with Crippen LogP contribution in [0.15, 0.2) is 24.4 Å². The number of carbonyl (C=O) groups excluding carboxylic acids is 1. The minimum atomic E-state index is -1.26. The van der Waals surface area contributed by atoms with Crippen molar-refractivity contribution in [3.05, 3.63) is 30.1 Å². The molecule has 7 aliphatic rings. The first-order valence-electron chi connectivity index (χ1n) is 19.7. The molecule has 2 saturated heterocycles. The maximum absolute atomic E-state index is 13.2. The van der Waals surface area contributed by atoms with Crippen LogP contribution in [0.1, 0.15) is 106 Å². The number of morpholine rings is 1. The van der Waals surface area contributed by atoms with E-state index in [2.05, 4.69) is 39.6 Å². The van der Waals surface area contributed by atoms with Gasteiger partial charge in [-0.3, -0.25) is 9.78 Å². The Hall–Kier alpha value is -1.62.